The van der Waals surface area contributed by atoms with Crippen molar-refractivity contribution in [2.45, 2.75) is 45.4 Å². The Morgan fingerprint density at radius 1 is 1.10 bits per heavy atom. The molecule has 1 heteroatoms. The zero-order chi connectivity index (χ0) is 7.66. The molecule has 0 aromatic rings. The largest absolute Gasteiger partial charge is 0.152 e. The van der Waals surface area contributed by atoms with Gasteiger partial charge in [-0.1, -0.05) is 38.7 Å². The van der Waals surface area contributed by atoms with Crippen LogP contribution in [-0.2, 0) is 0 Å². The normalized spacial score (nSPS) is 11.0. The maximum Gasteiger partial charge on any atom is -0.0343 e. The van der Waals surface area contributed by atoms with Gasteiger partial charge in [0.1, 0.15) is 0 Å². The maximum absolute atomic E-state index is 3.98. The fourth-order valence-corrected chi connectivity index (χ4v) is 1.09. The van der Waals surface area contributed by atoms with Gasteiger partial charge >= 0.3 is 0 Å². The van der Waals surface area contributed by atoms with Crippen LogP contribution in [0.5, 0.6) is 0 Å². The van der Waals surface area contributed by atoms with Gasteiger partial charge in [-0.2, -0.15) is 12.6 Å². The minimum Gasteiger partial charge on any atom is -0.152 e. The van der Waals surface area contributed by atoms with Gasteiger partial charge in [-0.05, 0) is 18.2 Å². The Morgan fingerprint density at radius 3 is 2.40 bits per heavy atom. The minimum absolute atomic E-state index is 1.20. The molecule has 0 aliphatic heterocycles. The topological polar surface area (TPSA) is 0 Å². The van der Waals surface area contributed by atoms with Gasteiger partial charge in [0, 0.05) is 0 Å². The van der Waals surface area contributed by atoms with Crippen LogP contribution < -0.4 is 0 Å². The number of unbranched alkanes of at least 4 members (excludes halogenated alkanes) is 5. The second kappa shape index (κ2) is 9.09. The van der Waals surface area contributed by atoms with Gasteiger partial charge in [-0.15, -0.1) is 0 Å². The summed E-state index contributed by atoms with van der Waals surface area (Å²) in [4.78, 5) is 0. The first-order valence-corrected chi connectivity index (χ1v) is 4.72. The van der Waals surface area contributed by atoms with Gasteiger partial charge in [0.15, 0.2) is 0 Å². The summed E-state index contributed by atoms with van der Waals surface area (Å²) in [6, 6.07) is 0. The van der Waals surface area contributed by atoms with Gasteiger partial charge in [-0.25, -0.2) is 0 Å². The molecule has 0 rings (SSSR count). The van der Waals surface area contributed by atoms with Gasteiger partial charge in [0.2, 0.25) is 0 Å². The number of thiol groups is 1. The Labute approximate surface area is 70.1 Å². The summed E-state index contributed by atoms with van der Waals surface area (Å²) in [5.74, 6) is 0. The standard InChI is InChI=1S/C9H18S/c1-2-3-4-5-6-7-8-9-10/h8-10H,2-7H2,1H3/b9-8+. The van der Waals surface area contributed by atoms with Gasteiger partial charge in [0.05, 0.1) is 0 Å². The smallest absolute Gasteiger partial charge is 0.0343 e. The van der Waals surface area contributed by atoms with Crippen molar-refractivity contribution in [1.82, 2.24) is 0 Å². The summed E-state index contributed by atoms with van der Waals surface area (Å²) < 4.78 is 0. The first-order valence-electron chi connectivity index (χ1n) is 4.21. The predicted octanol–water partition coefficient (Wildman–Crippen LogP) is 3.79. The Morgan fingerprint density at radius 2 is 1.80 bits per heavy atom. The van der Waals surface area contributed by atoms with Crippen molar-refractivity contribution in [3.8, 4) is 0 Å². The zero-order valence-electron chi connectivity index (χ0n) is 6.84. The number of hydrogen-bond acceptors (Lipinski definition) is 1. The molecule has 0 unspecified atom stereocenters. The summed E-state index contributed by atoms with van der Waals surface area (Å²) in [5, 5.41) is 1.83. The van der Waals surface area contributed by atoms with Gasteiger partial charge < -0.3 is 0 Å². The molecule has 60 valence electrons. The van der Waals surface area contributed by atoms with E-state index in [4.69, 9.17) is 0 Å². The number of rotatable bonds is 6. The molecule has 0 spiro atoms. The fraction of sp³-hybridized carbons (Fsp3) is 0.778. The molecule has 0 N–H and O–H groups in total. The van der Waals surface area contributed by atoms with Crippen LogP contribution in [0.25, 0.3) is 0 Å². The monoisotopic (exact) mass is 158 g/mol. The summed E-state index contributed by atoms with van der Waals surface area (Å²) in [7, 11) is 0. The molecule has 0 aromatic carbocycles. The van der Waals surface area contributed by atoms with E-state index >= 15 is 0 Å². The van der Waals surface area contributed by atoms with Crippen LogP contribution in [0.1, 0.15) is 45.4 Å². The number of allylic oxidation sites excluding steroid dienone is 1. The molecular formula is C9H18S. The molecule has 10 heavy (non-hydrogen) atoms. The van der Waals surface area contributed by atoms with Crippen molar-refractivity contribution >= 4 is 12.6 Å². The minimum atomic E-state index is 1.20. The summed E-state index contributed by atoms with van der Waals surface area (Å²) in [6.07, 6.45) is 10.2. The third kappa shape index (κ3) is 8.09. The van der Waals surface area contributed by atoms with Crippen molar-refractivity contribution in [3.63, 3.8) is 0 Å². The quantitative estimate of drug-likeness (QED) is 0.441. The van der Waals surface area contributed by atoms with E-state index in [0.717, 1.165) is 0 Å². The van der Waals surface area contributed by atoms with E-state index in [1.54, 1.807) is 0 Å². The van der Waals surface area contributed by atoms with Crippen molar-refractivity contribution < 1.29 is 0 Å². The molecule has 0 saturated heterocycles. The zero-order valence-corrected chi connectivity index (χ0v) is 7.74. The highest BCUT2D eigenvalue weighted by molar-refractivity contribution is 7.83. The molecule has 0 bridgehead atoms. The van der Waals surface area contributed by atoms with Crippen LogP contribution in [0.4, 0.5) is 0 Å². The van der Waals surface area contributed by atoms with E-state index in [2.05, 4.69) is 25.6 Å². The second-order valence-corrected chi connectivity index (χ2v) is 2.89. The average Bonchev–Trinajstić information content (AvgIpc) is 1.97. The summed E-state index contributed by atoms with van der Waals surface area (Å²) >= 11 is 3.98. The van der Waals surface area contributed by atoms with Crippen LogP contribution >= 0.6 is 12.6 Å². The first-order chi connectivity index (χ1) is 4.91. The molecule has 0 aromatic heterocycles. The van der Waals surface area contributed by atoms with Crippen molar-refractivity contribution in [1.29, 1.82) is 0 Å². The average molecular weight is 158 g/mol. The molecule has 0 aliphatic carbocycles. The highest BCUT2D eigenvalue weighted by Gasteiger charge is 1.85. The fourth-order valence-electron chi connectivity index (χ4n) is 0.940. The molecule has 0 heterocycles. The lowest BCUT2D eigenvalue weighted by molar-refractivity contribution is 0.637. The second-order valence-electron chi connectivity index (χ2n) is 2.59. The molecular weight excluding hydrogens is 140 g/mol. The molecule has 0 radical (unpaired) electrons. The van der Waals surface area contributed by atoms with Crippen LogP contribution in [0.15, 0.2) is 11.5 Å². The summed E-state index contributed by atoms with van der Waals surface area (Å²) in [5.41, 5.74) is 0. The SMILES string of the molecule is CCCCCCC/C=C/S. The van der Waals surface area contributed by atoms with E-state index in [1.165, 1.54) is 38.5 Å². The van der Waals surface area contributed by atoms with E-state index in [1.807, 2.05) is 5.41 Å². The highest BCUT2D eigenvalue weighted by Crippen LogP contribution is 2.05. The van der Waals surface area contributed by atoms with Crippen LogP contribution in [0, 0.1) is 0 Å². The molecule has 0 saturated carbocycles. The van der Waals surface area contributed by atoms with Crippen LogP contribution in [0.3, 0.4) is 0 Å². The van der Waals surface area contributed by atoms with Gasteiger partial charge in [-0.3, -0.25) is 0 Å². The lowest BCUT2D eigenvalue weighted by atomic mass is 10.1. The molecule has 0 nitrogen and oxygen atoms in total. The van der Waals surface area contributed by atoms with Crippen molar-refractivity contribution in [2.24, 2.45) is 0 Å². The maximum atomic E-state index is 3.98. The summed E-state index contributed by atoms with van der Waals surface area (Å²) in [6.45, 7) is 2.24. The van der Waals surface area contributed by atoms with E-state index in [9.17, 15) is 0 Å². The van der Waals surface area contributed by atoms with Crippen molar-refractivity contribution in [3.05, 3.63) is 11.5 Å². The van der Waals surface area contributed by atoms with Gasteiger partial charge in [0.25, 0.3) is 0 Å². The van der Waals surface area contributed by atoms with E-state index < -0.39 is 0 Å². The lowest BCUT2D eigenvalue weighted by Crippen LogP contribution is -1.75. The predicted molar refractivity (Wildman–Crippen MR) is 51.5 cm³/mol. The van der Waals surface area contributed by atoms with Crippen LogP contribution in [-0.4, -0.2) is 0 Å². The number of hydrogen-bond donors (Lipinski definition) is 1. The molecule has 0 aliphatic rings. The first kappa shape index (κ1) is 10.1. The Bertz CT molecular complexity index is 76.8. The highest BCUT2D eigenvalue weighted by atomic mass is 32.1. The van der Waals surface area contributed by atoms with E-state index in [0.29, 0.717) is 0 Å². The van der Waals surface area contributed by atoms with E-state index in [-0.39, 0.29) is 0 Å². The Hall–Kier alpha value is 0.0900. The Kier molecular flexibility index (Phi) is 9.17. The molecule has 0 amide bonds. The third-order valence-electron chi connectivity index (χ3n) is 1.58. The Balaban J connectivity index is 2.77. The molecule has 0 atom stereocenters. The van der Waals surface area contributed by atoms with Crippen LogP contribution in [0.2, 0.25) is 0 Å². The van der Waals surface area contributed by atoms with Crippen molar-refractivity contribution in [2.75, 3.05) is 0 Å². The lowest BCUT2D eigenvalue weighted by Gasteiger charge is -1.94. The molecule has 0 fully saturated rings. The third-order valence-corrected chi connectivity index (χ3v) is 1.79.